The van der Waals surface area contributed by atoms with E-state index in [4.69, 9.17) is 10.5 Å². The lowest BCUT2D eigenvalue weighted by Crippen LogP contribution is -2.57. The van der Waals surface area contributed by atoms with E-state index in [2.05, 4.69) is 16.8 Å². The first-order valence-corrected chi connectivity index (χ1v) is 5.43. The molecule has 2 aliphatic rings. The van der Waals surface area contributed by atoms with Crippen LogP contribution in [0.15, 0.2) is 0 Å². The topological polar surface area (TPSA) is 41.7 Å². The molecule has 82 valence electrons. The van der Waals surface area contributed by atoms with Gasteiger partial charge in [-0.2, -0.15) is 0 Å². The fraction of sp³-hybridized carbons (Fsp3) is 1.00. The Morgan fingerprint density at radius 2 is 1.86 bits per heavy atom. The Hall–Kier alpha value is -0.160. The maximum Gasteiger partial charge on any atom is 0.0569 e. The van der Waals surface area contributed by atoms with Gasteiger partial charge in [-0.25, -0.2) is 0 Å². The van der Waals surface area contributed by atoms with Gasteiger partial charge in [-0.1, -0.05) is 0 Å². The van der Waals surface area contributed by atoms with E-state index < -0.39 is 0 Å². The van der Waals surface area contributed by atoms with Crippen LogP contribution < -0.4 is 5.73 Å². The third kappa shape index (κ3) is 2.08. The summed E-state index contributed by atoms with van der Waals surface area (Å²) in [6, 6.07) is 0. The number of nitrogens with two attached hydrogens (primary N) is 1. The van der Waals surface area contributed by atoms with E-state index in [0.717, 1.165) is 26.3 Å². The van der Waals surface area contributed by atoms with Gasteiger partial charge in [0.1, 0.15) is 0 Å². The minimum absolute atomic E-state index is 0.274. The highest BCUT2D eigenvalue weighted by atomic mass is 16.5. The molecule has 0 radical (unpaired) electrons. The third-order valence-electron chi connectivity index (χ3n) is 3.40. The van der Waals surface area contributed by atoms with Gasteiger partial charge in [0.15, 0.2) is 0 Å². The molecule has 0 aromatic rings. The molecule has 2 N–H and O–H groups in total. The van der Waals surface area contributed by atoms with Crippen LogP contribution in [0.2, 0.25) is 0 Å². The highest BCUT2D eigenvalue weighted by Crippen LogP contribution is 2.27. The minimum Gasteiger partial charge on any atom is -0.380 e. The largest absolute Gasteiger partial charge is 0.380 e. The predicted octanol–water partition coefficient (Wildman–Crippen LogP) is -0.791. The van der Waals surface area contributed by atoms with E-state index in [1.54, 1.807) is 0 Å². The minimum atomic E-state index is 0.274. The van der Waals surface area contributed by atoms with Gasteiger partial charge < -0.3 is 20.3 Å². The van der Waals surface area contributed by atoms with Crippen LogP contribution in [0.3, 0.4) is 0 Å². The highest BCUT2D eigenvalue weighted by Gasteiger charge is 2.39. The molecule has 0 spiro atoms. The van der Waals surface area contributed by atoms with E-state index in [1.165, 1.54) is 26.2 Å². The normalized spacial score (nSPS) is 28.7. The van der Waals surface area contributed by atoms with Crippen LogP contribution in [0.1, 0.15) is 0 Å². The van der Waals surface area contributed by atoms with Crippen molar-refractivity contribution in [2.24, 2.45) is 11.1 Å². The molecular weight excluding hydrogens is 178 g/mol. The Morgan fingerprint density at radius 3 is 2.29 bits per heavy atom. The standard InChI is InChI=1S/C10H21N3O/c1-12-2-4-13(5-3-12)7-10(6-11)8-14-9-10/h2-9,11H2,1H3. The van der Waals surface area contributed by atoms with Gasteiger partial charge in [-0.15, -0.1) is 0 Å². The quantitative estimate of drug-likeness (QED) is 0.647. The van der Waals surface area contributed by atoms with Gasteiger partial charge in [0.25, 0.3) is 0 Å². The molecular formula is C10H21N3O. The molecule has 2 aliphatic heterocycles. The summed E-state index contributed by atoms with van der Waals surface area (Å²) in [5.41, 5.74) is 6.07. The first kappa shape index (κ1) is 10.4. The second-order valence-electron chi connectivity index (χ2n) is 4.78. The molecule has 0 aromatic heterocycles. The van der Waals surface area contributed by atoms with E-state index in [0.29, 0.717) is 0 Å². The first-order chi connectivity index (χ1) is 6.74. The summed E-state index contributed by atoms with van der Waals surface area (Å²) in [5, 5.41) is 0. The average Bonchev–Trinajstić information content (AvgIpc) is 2.15. The van der Waals surface area contributed by atoms with Crippen LogP contribution in [0.5, 0.6) is 0 Å². The van der Waals surface area contributed by atoms with Crippen LogP contribution in [0.4, 0.5) is 0 Å². The monoisotopic (exact) mass is 199 g/mol. The van der Waals surface area contributed by atoms with Crippen LogP contribution in [0, 0.1) is 5.41 Å². The summed E-state index contributed by atoms with van der Waals surface area (Å²) in [7, 11) is 2.18. The summed E-state index contributed by atoms with van der Waals surface area (Å²) in [5.74, 6) is 0. The molecule has 0 aliphatic carbocycles. The van der Waals surface area contributed by atoms with Crippen LogP contribution in [-0.2, 0) is 4.74 Å². The fourth-order valence-corrected chi connectivity index (χ4v) is 2.14. The van der Waals surface area contributed by atoms with E-state index >= 15 is 0 Å². The Kier molecular flexibility index (Phi) is 3.07. The van der Waals surface area contributed by atoms with Crippen LogP contribution in [0.25, 0.3) is 0 Å². The lowest BCUT2D eigenvalue weighted by molar-refractivity contribution is -0.122. The van der Waals surface area contributed by atoms with Crippen molar-refractivity contribution in [2.75, 3.05) is 59.5 Å². The van der Waals surface area contributed by atoms with Crippen molar-refractivity contribution >= 4 is 0 Å². The van der Waals surface area contributed by atoms with Crippen molar-refractivity contribution in [2.45, 2.75) is 0 Å². The summed E-state index contributed by atoms with van der Waals surface area (Å²) < 4.78 is 5.27. The van der Waals surface area contributed by atoms with Gasteiger partial charge in [0.05, 0.1) is 13.2 Å². The van der Waals surface area contributed by atoms with Gasteiger partial charge in [0.2, 0.25) is 0 Å². The van der Waals surface area contributed by atoms with E-state index in [9.17, 15) is 0 Å². The smallest absolute Gasteiger partial charge is 0.0569 e. The number of likely N-dealkylation sites (N-methyl/N-ethyl adjacent to an activating group) is 1. The van der Waals surface area contributed by atoms with Gasteiger partial charge >= 0.3 is 0 Å². The number of ether oxygens (including phenoxy) is 1. The molecule has 14 heavy (non-hydrogen) atoms. The number of nitrogens with zero attached hydrogens (tertiary/aromatic N) is 2. The Bertz CT molecular complexity index is 180. The zero-order valence-corrected chi connectivity index (χ0v) is 9.04. The maximum absolute atomic E-state index is 5.80. The van der Waals surface area contributed by atoms with Crippen molar-refractivity contribution in [1.29, 1.82) is 0 Å². The van der Waals surface area contributed by atoms with Crippen molar-refractivity contribution in [3.63, 3.8) is 0 Å². The summed E-state index contributed by atoms with van der Waals surface area (Å²) in [6.07, 6.45) is 0. The Labute approximate surface area is 86.0 Å². The molecule has 0 atom stereocenters. The van der Waals surface area contributed by atoms with Crippen LogP contribution >= 0.6 is 0 Å². The first-order valence-electron chi connectivity index (χ1n) is 5.43. The van der Waals surface area contributed by atoms with Gasteiger partial charge in [-0.3, -0.25) is 0 Å². The van der Waals surface area contributed by atoms with Crippen molar-refractivity contribution < 1.29 is 4.74 Å². The van der Waals surface area contributed by atoms with Gasteiger partial charge in [0, 0.05) is 44.7 Å². The SMILES string of the molecule is CN1CCN(CC2(CN)COC2)CC1. The van der Waals surface area contributed by atoms with Crippen molar-refractivity contribution in [1.82, 2.24) is 9.80 Å². The average molecular weight is 199 g/mol. The van der Waals surface area contributed by atoms with Crippen molar-refractivity contribution in [3.8, 4) is 0 Å². The molecule has 0 bridgehead atoms. The molecule has 0 unspecified atom stereocenters. The molecule has 2 fully saturated rings. The molecule has 0 aromatic carbocycles. The zero-order chi connectivity index (χ0) is 10.0. The zero-order valence-electron chi connectivity index (χ0n) is 9.04. The molecule has 2 rings (SSSR count). The number of piperazine rings is 1. The number of hydrogen-bond donors (Lipinski definition) is 1. The molecule has 4 nitrogen and oxygen atoms in total. The fourth-order valence-electron chi connectivity index (χ4n) is 2.14. The Morgan fingerprint density at radius 1 is 1.21 bits per heavy atom. The third-order valence-corrected chi connectivity index (χ3v) is 3.40. The molecule has 2 heterocycles. The summed E-state index contributed by atoms with van der Waals surface area (Å²) in [4.78, 5) is 4.90. The van der Waals surface area contributed by atoms with Crippen LogP contribution in [-0.4, -0.2) is 69.3 Å². The second-order valence-corrected chi connectivity index (χ2v) is 4.78. The molecule has 0 saturated carbocycles. The van der Waals surface area contributed by atoms with E-state index in [1.807, 2.05) is 0 Å². The second kappa shape index (κ2) is 4.14. The maximum atomic E-state index is 5.80. The predicted molar refractivity (Wildman–Crippen MR) is 56.2 cm³/mol. The highest BCUT2D eigenvalue weighted by molar-refractivity contribution is 4.90. The summed E-state index contributed by atoms with van der Waals surface area (Å²) in [6.45, 7) is 8.32. The lowest BCUT2D eigenvalue weighted by atomic mass is 9.85. The van der Waals surface area contributed by atoms with Gasteiger partial charge in [-0.05, 0) is 7.05 Å². The molecule has 2 saturated heterocycles. The number of rotatable bonds is 3. The molecule has 4 heteroatoms. The number of hydrogen-bond acceptors (Lipinski definition) is 4. The van der Waals surface area contributed by atoms with Crippen molar-refractivity contribution in [3.05, 3.63) is 0 Å². The van der Waals surface area contributed by atoms with E-state index in [-0.39, 0.29) is 5.41 Å². The Balaban J connectivity index is 1.79. The molecule has 0 amide bonds. The summed E-state index contributed by atoms with van der Waals surface area (Å²) >= 11 is 0. The lowest BCUT2D eigenvalue weighted by Gasteiger charge is -2.45.